The van der Waals surface area contributed by atoms with Crippen molar-refractivity contribution in [3.8, 4) is 0 Å². The molecule has 1 aromatic heterocycles. The molecule has 0 bridgehead atoms. The molecule has 154 valence electrons. The third-order valence-electron chi connectivity index (χ3n) is 5.39. The van der Waals surface area contributed by atoms with Crippen LogP contribution in [0.2, 0.25) is 0 Å². The second kappa shape index (κ2) is 7.53. The number of aromatic nitrogens is 2. The molecule has 2 aliphatic rings. The number of hydrogen-bond acceptors (Lipinski definition) is 3. The van der Waals surface area contributed by atoms with E-state index in [9.17, 15) is 22.8 Å². The lowest BCUT2D eigenvalue weighted by Gasteiger charge is -2.27. The highest BCUT2D eigenvalue weighted by atomic mass is 19.4. The maximum Gasteiger partial charge on any atom is 0.416 e. The minimum absolute atomic E-state index is 0.159. The molecule has 0 spiro atoms. The van der Waals surface area contributed by atoms with Crippen molar-refractivity contribution in [1.82, 2.24) is 19.6 Å². The molecule has 0 atom stereocenters. The lowest BCUT2D eigenvalue weighted by Crippen LogP contribution is -2.39. The highest BCUT2D eigenvalue weighted by Gasteiger charge is 2.31. The molecule has 2 aliphatic heterocycles. The predicted molar refractivity (Wildman–Crippen MR) is 98.2 cm³/mol. The Labute approximate surface area is 165 Å². The molecule has 9 heteroatoms. The van der Waals surface area contributed by atoms with Gasteiger partial charge in [-0.1, -0.05) is 12.1 Å². The van der Waals surface area contributed by atoms with Gasteiger partial charge in [-0.2, -0.15) is 18.3 Å². The Morgan fingerprint density at radius 2 is 1.69 bits per heavy atom. The Balaban J connectivity index is 1.47. The molecule has 1 saturated heterocycles. The third kappa shape index (κ3) is 3.99. The Bertz CT molecular complexity index is 915. The maximum absolute atomic E-state index is 12.8. The number of nitrogens with zero attached hydrogens (tertiary/aromatic N) is 4. The zero-order chi connectivity index (χ0) is 20.6. The number of fused-ring (bicyclic) bond motifs is 1. The van der Waals surface area contributed by atoms with Gasteiger partial charge in [-0.25, -0.2) is 0 Å². The summed E-state index contributed by atoms with van der Waals surface area (Å²) in [4.78, 5) is 28.8. The van der Waals surface area contributed by atoms with Gasteiger partial charge in [0.1, 0.15) is 5.69 Å². The number of rotatable bonds is 3. The molecule has 1 aromatic carbocycles. The van der Waals surface area contributed by atoms with Crippen LogP contribution in [0.1, 0.15) is 51.4 Å². The molecule has 29 heavy (non-hydrogen) atoms. The number of alkyl halides is 3. The fraction of sp³-hybridized carbons (Fsp3) is 0.450. The molecule has 1 fully saturated rings. The first-order chi connectivity index (χ1) is 13.8. The van der Waals surface area contributed by atoms with Crippen LogP contribution < -0.4 is 0 Å². The lowest BCUT2D eigenvalue weighted by atomic mass is 10.1. The van der Waals surface area contributed by atoms with Gasteiger partial charge in [0.25, 0.3) is 11.8 Å². The summed E-state index contributed by atoms with van der Waals surface area (Å²) in [5.41, 5.74) is 0.504. The first-order valence-corrected chi connectivity index (χ1v) is 9.65. The Kier molecular flexibility index (Phi) is 5.06. The summed E-state index contributed by atoms with van der Waals surface area (Å²) >= 11 is 0. The average Bonchev–Trinajstić information content (AvgIpc) is 3.15. The van der Waals surface area contributed by atoms with Gasteiger partial charge in [-0.15, -0.1) is 0 Å². The van der Waals surface area contributed by atoms with Crippen molar-refractivity contribution in [2.75, 3.05) is 19.6 Å². The molecule has 0 N–H and O–H groups in total. The monoisotopic (exact) mass is 406 g/mol. The number of likely N-dealkylation sites (tertiary alicyclic amines) is 1. The Morgan fingerprint density at radius 1 is 1.00 bits per heavy atom. The van der Waals surface area contributed by atoms with E-state index in [1.165, 1.54) is 18.2 Å². The SMILES string of the molecule is O=C(c1cc2n(n1)CCN(Cc1ccc(C(F)(F)F)cc1)C2=O)N1CCCCC1. The van der Waals surface area contributed by atoms with E-state index in [-0.39, 0.29) is 24.1 Å². The van der Waals surface area contributed by atoms with E-state index in [2.05, 4.69) is 5.10 Å². The van der Waals surface area contributed by atoms with E-state index in [1.807, 2.05) is 0 Å². The van der Waals surface area contributed by atoms with Crippen molar-refractivity contribution in [3.05, 3.63) is 52.8 Å². The van der Waals surface area contributed by atoms with Gasteiger partial charge in [0.2, 0.25) is 0 Å². The van der Waals surface area contributed by atoms with E-state index < -0.39 is 11.7 Å². The van der Waals surface area contributed by atoms with Crippen molar-refractivity contribution >= 4 is 11.8 Å². The van der Waals surface area contributed by atoms with E-state index in [0.717, 1.165) is 31.4 Å². The van der Waals surface area contributed by atoms with Crippen molar-refractivity contribution in [1.29, 1.82) is 0 Å². The molecule has 3 heterocycles. The van der Waals surface area contributed by atoms with E-state index in [4.69, 9.17) is 0 Å². The minimum atomic E-state index is -4.39. The number of carbonyl (C=O) groups is 2. The van der Waals surface area contributed by atoms with Gasteiger partial charge < -0.3 is 9.80 Å². The van der Waals surface area contributed by atoms with Crippen LogP contribution in [0, 0.1) is 0 Å². The topological polar surface area (TPSA) is 58.4 Å². The number of benzene rings is 1. The molecule has 6 nitrogen and oxygen atoms in total. The van der Waals surface area contributed by atoms with Crippen LogP contribution in [0.5, 0.6) is 0 Å². The van der Waals surface area contributed by atoms with Crippen LogP contribution in [0.3, 0.4) is 0 Å². The second-order valence-corrected chi connectivity index (χ2v) is 7.41. The average molecular weight is 406 g/mol. The minimum Gasteiger partial charge on any atom is -0.337 e. The van der Waals surface area contributed by atoms with Gasteiger partial charge in [0.15, 0.2) is 5.69 Å². The van der Waals surface area contributed by atoms with E-state index >= 15 is 0 Å². The van der Waals surface area contributed by atoms with Gasteiger partial charge in [-0.05, 0) is 37.0 Å². The fourth-order valence-electron chi connectivity index (χ4n) is 3.77. The molecular formula is C20H21F3N4O2. The quantitative estimate of drug-likeness (QED) is 0.787. The second-order valence-electron chi connectivity index (χ2n) is 7.41. The Hall–Kier alpha value is -2.84. The summed E-state index contributed by atoms with van der Waals surface area (Å²) in [6, 6.07) is 6.33. The largest absolute Gasteiger partial charge is 0.416 e. The standard InChI is InChI=1S/C20H21F3N4O2/c21-20(22,23)15-6-4-14(5-7-15)13-26-10-11-27-17(19(26)29)12-16(24-27)18(28)25-8-2-1-3-9-25/h4-7,12H,1-3,8-11,13H2. The van der Waals surface area contributed by atoms with Gasteiger partial charge in [0, 0.05) is 32.2 Å². The summed E-state index contributed by atoms with van der Waals surface area (Å²) < 4.78 is 39.7. The number of hydrogen-bond donors (Lipinski definition) is 0. The number of halogens is 3. The highest BCUT2D eigenvalue weighted by molar-refractivity contribution is 5.98. The first-order valence-electron chi connectivity index (χ1n) is 9.65. The van der Waals surface area contributed by atoms with E-state index in [0.29, 0.717) is 37.4 Å². The molecule has 0 aliphatic carbocycles. The van der Waals surface area contributed by atoms with Gasteiger partial charge in [-0.3, -0.25) is 14.3 Å². The Morgan fingerprint density at radius 3 is 2.34 bits per heavy atom. The molecule has 2 amide bonds. The molecule has 2 aromatic rings. The van der Waals surface area contributed by atoms with Crippen molar-refractivity contribution < 1.29 is 22.8 Å². The highest BCUT2D eigenvalue weighted by Crippen LogP contribution is 2.29. The number of amides is 2. The zero-order valence-corrected chi connectivity index (χ0v) is 15.8. The zero-order valence-electron chi connectivity index (χ0n) is 15.8. The molecule has 0 saturated carbocycles. The van der Waals surface area contributed by atoms with Crippen molar-refractivity contribution in [2.24, 2.45) is 0 Å². The normalized spacial score (nSPS) is 17.4. The van der Waals surface area contributed by atoms with Crippen LogP contribution in [0.25, 0.3) is 0 Å². The predicted octanol–water partition coefficient (Wildman–Crippen LogP) is 3.18. The first kappa shape index (κ1) is 19.5. The summed E-state index contributed by atoms with van der Waals surface area (Å²) in [7, 11) is 0. The summed E-state index contributed by atoms with van der Waals surface area (Å²) in [5.74, 6) is -0.435. The summed E-state index contributed by atoms with van der Waals surface area (Å²) in [6.07, 6.45) is -1.33. The van der Waals surface area contributed by atoms with Crippen LogP contribution in [-0.4, -0.2) is 51.0 Å². The van der Waals surface area contributed by atoms with Gasteiger partial charge >= 0.3 is 6.18 Å². The lowest BCUT2D eigenvalue weighted by molar-refractivity contribution is -0.137. The summed E-state index contributed by atoms with van der Waals surface area (Å²) in [5, 5.41) is 4.31. The molecular weight excluding hydrogens is 385 g/mol. The number of carbonyl (C=O) groups excluding carboxylic acids is 2. The van der Waals surface area contributed by atoms with Crippen molar-refractivity contribution in [2.45, 2.75) is 38.5 Å². The van der Waals surface area contributed by atoms with Gasteiger partial charge in [0.05, 0.1) is 12.1 Å². The fourth-order valence-corrected chi connectivity index (χ4v) is 3.77. The van der Waals surface area contributed by atoms with Crippen LogP contribution in [-0.2, 0) is 19.3 Å². The van der Waals surface area contributed by atoms with E-state index in [1.54, 1.807) is 14.5 Å². The third-order valence-corrected chi connectivity index (χ3v) is 5.39. The molecule has 0 unspecified atom stereocenters. The molecule has 4 rings (SSSR count). The summed E-state index contributed by atoms with van der Waals surface area (Å²) in [6.45, 7) is 2.43. The van der Waals surface area contributed by atoms with Crippen molar-refractivity contribution in [3.63, 3.8) is 0 Å². The van der Waals surface area contributed by atoms with Crippen LogP contribution in [0.15, 0.2) is 30.3 Å². The number of piperidine rings is 1. The molecule has 0 radical (unpaired) electrons. The van der Waals surface area contributed by atoms with Crippen LogP contribution in [0.4, 0.5) is 13.2 Å². The van der Waals surface area contributed by atoms with Crippen LogP contribution >= 0.6 is 0 Å². The maximum atomic E-state index is 12.8. The smallest absolute Gasteiger partial charge is 0.337 e.